The predicted octanol–water partition coefficient (Wildman–Crippen LogP) is 4.39. The van der Waals surface area contributed by atoms with E-state index in [4.69, 9.17) is 4.42 Å². The number of likely N-dealkylation sites (tertiary alicyclic amines) is 1. The van der Waals surface area contributed by atoms with E-state index in [-0.39, 0.29) is 30.9 Å². The van der Waals surface area contributed by atoms with E-state index in [2.05, 4.69) is 29.4 Å². The Morgan fingerprint density at radius 2 is 1.69 bits per heavy atom. The molecule has 0 unspecified atom stereocenters. The van der Waals surface area contributed by atoms with Gasteiger partial charge in [0.2, 0.25) is 5.91 Å². The number of urea groups is 1. The summed E-state index contributed by atoms with van der Waals surface area (Å²) in [4.78, 5) is 45.1. The van der Waals surface area contributed by atoms with Crippen LogP contribution in [0.1, 0.15) is 43.9 Å². The lowest BCUT2D eigenvalue weighted by Gasteiger charge is -2.43. The molecule has 3 aromatic rings. The van der Waals surface area contributed by atoms with Gasteiger partial charge in [-0.3, -0.25) is 9.59 Å². The molecule has 2 aliphatic rings. The summed E-state index contributed by atoms with van der Waals surface area (Å²) in [6.07, 6.45) is 2.51. The molecular formula is C30H35N5O4. The fourth-order valence-electron chi connectivity index (χ4n) is 5.38. The number of furan rings is 1. The predicted molar refractivity (Wildman–Crippen MR) is 149 cm³/mol. The van der Waals surface area contributed by atoms with Crippen molar-refractivity contribution in [2.45, 2.75) is 44.7 Å². The number of piperidine rings is 1. The maximum absolute atomic E-state index is 13.9. The average Bonchev–Trinajstić information content (AvgIpc) is 3.56. The van der Waals surface area contributed by atoms with E-state index in [0.29, 0.717) is 44.3 Å². The Kier molecular flexibility index (Phi) is 7.58. The summed E-state index contributed by atoms with van der Waals surface area (Å²) >= 11 is 0. The maximum atomic E-state index is 13.9. The Morgan fingerprint density at radius 1 is 0.974 bits per heavy atom. The van der Waals surface area contributed by atoms with Crippen LogP contribution in [0.15, 0.2) is 77.4 Å². The van der Waals surface area contributed by atoms with Gasteiger partial charge in [-0.05, 0) is 60.7 Å². The molecule has 5 rings (SSSR count). The minimum absolute atomic E-state index is 0.0405. The average molecular weight is 530 g/mol. The SMILES string of the molecule is CC(C)c1ccc(NC(=O)N2CCC3(CC2)C(=O)N(CC(=O)NCc2ccco2)CN3c2ccccc2)cc1. The zero-order valence-corrected chi connectivity index (χ0v) is 22.4. The first kappa shape index (κ1) is 26.3. The molecule has 1 spiro atoms. The van der Waals surface area contributed by atoms with Gasteiger partial charge in [0, 0.05) is 24.5 Å². The Bertz CT molecular complexity index is 1280. The number of hydrogen-bond donors (Lipinski definition) is 2. The molecule has 0 atom stereocenters. The molecule has 2 N–H and O–H groups in total. The van der Waals surface area contributed by atoms with Crippen molar-refractivity contribution < 1.29 is 18.8 Å². The van der Waals surface area contributed by atoms with Crippen molar-refractivity contribution in [3.05, 3.63) is 84.3 Å². The van der Waals surface area contributed by atoms with Crippen molar-refractivity contribution in [3.63, 3.8) is 0 Å². The highest BCUT2D eigenvalue weighted by Crippen LogP contribution is 2.39. The van der Waals surface area contributed by atoms with E-state index >= 15 is 0 Å². The van der Waals surface area contributed by atoms with Crippen LogP contribution in [0.5, 0.6) is 0 Å². The van der Waals surface area contributed by atoms with Gasteiger partial charge in [0.25, 0.3) is 5.91 Å². The van der Waals surface area contributed by atoms with Crippen LogP contribution in [0, 0.1) is 0 Å². The van der Waals surface area contributed by atoms with Crippen molar-refractivity contribution in [2.75, 3.05) is 36.5 Å². The third kappa shape index (κ3) is 5.62. The Morgan fingerprint density at radius 3 is 2.33 bits per heavy atom. The van der Waals surface area contributed by atoms with Crippen LogP contribution >= 0.6 is 0 Å². The lowest BCUT2D eigenvalue weighted by Crippen LogP contribution is -2.58. The third-order valence-corrected chi connectivity index (χ3v) is 7.66. The molecule has 0 aliphatic carbocycles. The smallest absolute Gasteiger partial charge is 0.321 e. The molecule has 9 heteroatoms. The molecule has 0 bridgehead atoms. The highest BCUT2D eigenvalue weighted by atomic mass is 16.3. The first-order chi connectivity index (χ1) is 18.9. The van der Waals surface area contributed by atoms with E-state index in [1.807, 2.05) is 54.6 Å². The molecule has 2 aromatic carbocycles. The Hall–Kier alpha value is -4.27. The Balaban J connectivity index is 1.26. The van der Waals surface area contributed by atoms with Crippen molar-refractivity contribution in [3.8, 4) is 0 Å². The summed E-state index contributed by atoms with van der Waals surface area (Å²) in [5, 5.41) is 5.82. The first-order valence-corrected chi connectivity index (χ1v) is 13.4. The molecule has 9 nitrogen and oxygen atoms in total. The summed E-state index contributed by atoms with van der Waals surface area (Å²) < 4.78 is 5.28. The molecule has 3 heterocycles. The Labute approximate surface area is 228 Å². The number of carbonyl (C=O) groups is 3. The second kappa shape index (κ2) is 11.2. The van der Waals surface area contributed by atoms with E-state index < -0.39 is 5.54 Å². The molecule has 204 valence electrons. The van der Waals surface area contributed by atoms with Crippen LogP contribution in [0.2, 0.25) is 0 Å². The molecule has 2 aliphatic heterocycles. The van der Waals surface area contributed by atoms with Crippen molar-refractivity contribution in [2.24, 2.45) is 0 Å². The van der Waals surface area contributed by atoms with Crippen LogP contribution < -0.4 is 15.5 Å². The number of anilines is 2. The monoisotopic (exact) mass is 529 g/mol. The summed E-state index contributed by atoms with van der Waals surface area (Å²) in [6.45, 7) is 5.68. The van der Waals surface area contributed by atoms with Crippen LogP contribution in [0.3, 0.4) is 0 Å². The largest absolute Gasteiger partial charge is 0.467 e. The van der Waals surface area contributed by atoms with E-state index in [1.54, 1.807) is 28.2 Å². The van der Waals surface area contributed by atoms with E-state index in [9.17, 15) is 14.4 Å². The van der Waals surface area contributed by atoms with Crippen molar-refractivity contribution >= 4 is 29.2 Å². The minimum Gasteiger partial charge on any atom is -0.467 e. The van der Waals surface area contributed by atoms with Gasteiger partial charge >= 0.3 is 6.03 Å². The second-order valence-corrected chi connectivity index (χ2v) is 10.5. The molecule has 4 amide bonds. The van der Waals surface area contributed by atoms with E-state index in [1.165, 1.54) is 5.56 Å². The van der Waals surface area contributed by atoms with E-state index in [0.717, 1.165) is 11.4 Å². The van der Waals surface area contributed by atoms with Gasteiger partial charge in [-0.25, -0.2) is 4.79 Å². The number of rotatable bonds is 7. The summed E-state index contributed by atoms with van der Waals surface area (Å²) in [5.41, 5.74) is 2.08. The number of hydrogen-bond acceptors (Lipinski definition) is 5. The number of benzene rings is 2. The van der Waals surface area contributed by atoms with Crippen LogP contribution in [-0.2, 0) is 16.1 Å². The van der Waals surface area contributed by atoms with Crippen LogP contribution in [0.25, 0.3) is 0 Å². The number of amides is 4. The lowest BCUT2D eigenvalue weighted by atomic mass is 9.85. The van der Waals surface area contributed by atoms with Gasteiger partial charge in [0.05, 0.1) is 19.5 Å². The lowest BCUT2D eigenvalue weighted by molar-refractivity contribution is -0.137. The van der Waals surface area contributed by atoms with Gasteiger partial charge in [-0.15, -0.1) is 0 Å². The maximum Gasteiger partial charge on any atom is 0.321 e. The standard InChI is InChI=1S/C30H35N5O4/c1-22(2)23-10-12-24(13-11-23)32-29(38)33-16-14-30(15-17-33)28(37)34(21-35(30)25-7-4-3-5-8-25)20-27(36)31-19-26-9-6-18-39-26/h3-13,18,22H,14-17,19-21H2,1-2H3,(H,31,36)(H,32,38). The number of carbonyl (C=O) groups excluding carboxylic acids is 3. The van der Waals surface area contributed by atoms with Crippen LogP contribution in [-0.4, -0.2) is 59.5 Å². The van der Waals surface area contributed by atoms with Gasteiger partial charge in [-0.2, -0.15) is 0 Å². The van der Waals surface area contributed by atoms with Crippen molar-refractivity contribution in [1.82, 2.24) is 15.1 Å². The number of para-hydroxylation sites is 1. The zero-order valence-electron chi connectivity index (χ0n) is 22.4. The van der Waals surface area contributed by atoms with Gasteiger partial charge in [-0.1, -0.05) is 44.2 Å². The minimum atomic E-state index is -0.807. The number of nitrogens with one attached hydrogen (secondary N) is 2. The van der Waals surface area contributed by atoms with Crippen LogP contribution in [0.4, 0.5) is 16.2 Å². The fraction of sp³-hybridized carbons (Fsp3) is 0.367. The van der Waals surface area contributed by atoms with Gasteiger partial charge < -0.3 is 29.8 Å². The first-order valence-electron chi connectivity index (χ1n) is 13.4. The molecule has 0 radical (unpaired) electrons. The molecule has 2 fully saturated rings. The molecular weight excluding hydrogens is 494 g/mol. The fourth-order valence-corrected chi connectivity index (χ4v) is 5.38. The summed E-state index contributed by atoms with van der Waals surface area (Å²) in [6, 6.07) is 21.1. The highest BCUT2D eigenvalue weighted by molar-refractivity contribution is 5.97. The summed E-state index contributed by atoms with van der Waals surface area (Å²) in [7, 11) is 0. The molecule has 0 saturated carbocycles. The van der Waals surface area contributed by atoms with Gasteiger partial charge in [0.1, 0.15) is 17.8 Å². The topological polar surface area (TPSA) is 98.1 Å². The second-order valence-electron chi connectivity index (χ2n) is 10.5. The number of nitrogens with zero attached hydrogens (tertiary/aromatic N) is 3. The highest BCUT2D eigenvalue weighted by Gasteiger charge is 2.54. The zero-order chi connectivity index (χ0) is 27.4. The summed E-state index contributed by atoms with van der Waals surface area (Å²) in [5.74, 6) is 0.750. The molecule has 39 heavy (non-hydrogen) atoms. The third-order valence-electron chi connectivity index (χ3n) is 7.66. The normalized spacial score (nSPS) is 16.7. The van der Waals surface area contributed by atoms with Crippen molar-refractivity contribution in [1.29, 1.82) is 0 Å². The molecule has 2 saturated heterocycles. The van der Waals surface area contributed by atoms with Gasteiger partial charge in [0.15, 0.2) is 0 Å². The molecule has 1 aromatic heterocycles. The quantitative estimate of drug-likeness (QED) is 0.473.